The zero-order chi connectivity index (χ0) is 7.23. The molecule has 0 bridgehead atoms. The van der Waals surface area contributed by atoms with Crippen molar-refractivity contribution in [3.63, 3.8) is 0 Å². The third-order valence-electron chi connectivity index (χ3n) is 1.27. The van der Waals surface area contributed by atoms with E-state index in [0.717, 1.165) is 6.54 Å². The minimum Gasteiger partial charge on any atom is -0.356 e. The highest BCUT2D eigenvalue weighted by atomic mass is 14.7. The molecule has 0 saturated heterocycles. The van der Waals surface area contributed by atoms with Crippen LogP contribution in [0.2, 0.25) is 0 Å². The number of hydrogen-bond acceptors (Lipinski definition) is 1. The van der Waals surface area contributed by atoms with Gasteiger partial charge in [-0.1, -0.05) is 42.7 Å². The predicted molar refractivity (Wildman–Crippen MR) is 45.5 cm³/mol. The topological polar surface area (TPSA) is 12.0 Å². The summed E-state index contributed by atoms with van der Waals surface area (Å²) in [5.74, 6) is 0. The van der Waals surface area contributed by atoms with E-state index in [1.54, 1.807) is 0 Å². The third-order valence-corrected chi connectivity index (χ3v) is 1.27. The lowest BCUT2D eigenvalue weighted by atomic mass is 9.83. The van der Waals surface area contributed by atoms with Crippen molar-refractivity contribution in [2.24, 2.45) is 0 Å². The Morgan fingerprint density at radius 2 is 2.00 bits per heavy atom. The van der Waals surface area contributed by atoms with Crippen LogP contribution in [-0.4, -0.2) is 14.0 Å². The van der Waals surface area contributed by atoms with Gasteiger partial charge in [0.05, 0.1) is 0 Å². The van der Waals surface area contributed by atoms with Crippen LogP contribution in [0.5, 0.6) is 0 Å². The smallest absolute Gasteiger partial charge is 0.244 e. The van der Waals surface area contributed by atoms with Crippen molar-refractivity contribution in [1.29, 1.82) is 0 Å². The maximum atomic E-state index is 3.14. The van der Waals surface area contributed by atoms with Gasteiger partial charge in [-0.25, -0.2) is 0 Å². The first-order chi connectivity index (χ1) is 4.93. The fourth-order valence-electron chi connectivity index (χ4n) is 0.769. The number of nitrogens with one attached hydrogen (secondary N) is 1. The van der Waals surface area contributed by atoms with Gasteiger partial charge in [-0.05, 0) is 6.54 Å². The predicted octanol–water partition coefficient (Wildman–Crippen LogP) is 0.541. The van der Waals surface area contributed by atoms with Crippen molar-refractivity contribution < 1.29 is 0 Å². The zero-order valence-electron chi connectivity index (χ0n) is 6.17. The Morgan fingerprint density at radius 1 is 1.30 bits per heavy atom. The summed E-state index contributed by atoms with van der Waals surface area (Å²) >= 11 is 0. The Hall–Kier alpha value is -0.755. The zero-order valence-corrected chi connectivity index (χ0v) is 6.17. The van der Waals surface area contributed by atoms with Crippen LogP contribution in [0.3, 0.4) is 0 Å². The lowest BCUT2D eigenvalue weighted by Gasteiger charge is -1.96. The van der Waals surface area contributed by atoms with Gasteiger partial charge in [-0.2, -0.15) is 0 Å². The molecule has 1 radical (unpaired) electrons. The quantitative estimate of drug-likeness (QED) is 0.592. The van der Waals surface area contributed by atoms with E-state index < -0.39 is 0 Å². The molecule has 51 valence electrons. The van der Waals surface area contributed by atoms with Gasteiger partial charge >= 0.3 is 0 Å². The summed E-state index contributed by atoms with van der Waals surface area (Å²) < 4.78 is 0. The summed E-state index contributed by atoms with van der Waals surface area (Å²) in [6.07, 6.45) is 0. The summed E-state index contributed by atoms with van der Waals surface area (Å²) in [5, 5.41) is 3.14. The van der Waals surface area contributed by atoms with Crippen LogP contribution in [0.25, 0.3) is 0 Å². The van der Waals surface area contributed by atoms with Crippen LogP contribution in [0, 0.1) is 0 Å². The largest absolute Gasteiger partial charge is 0.356 e. The van der Waals surface area contributed by atoms with Crippen LogP contribution in [-0.2, 0) is 0 Å². The molecule has 1 rings (SSSR count). The monoisotopic (exact) mass is 132 g/mol. The molecule has 0 spiro atoms. The van der Waals surface area contributed by atoms with Crippen LogP contribution in [0.15, 0.2) is 30.3 Å². The van der Waals surface area contributed by atoms with Crippen LogP contribution < -0.4 is 10.7 Å². The summed E-state index contributed by atoms with van der Waals surface area (Å²) in [6.45, 7) is 3.06. The third kappa shape index (κ3) is 2.23. The standard InChI is InChI=1S/C8H11BN/c1-2-10-9-8-6-4-3-5-7-8/h3-7,10H,2H2,1H3. The number of hydrogen-bond donors (Lipinski definition) is 1. The molecule has 2 heteroatoms. The van der Waals surface area contributed by atoms with Crippen LogP contribution in [0.1, 0.15) is 6.92 Å². The van der Waals surface area contributed by atoms with Gasteiger partial charge in [0, 0.05) is 0 Å². The maximum Gasteiger partial charge on any atom is 0.244 e. The summed E-state index contributed by atoms with van der Waals surface area (Å²) in [7, 11) is 2.01. The number of rotatable bonds is 3. The fourth-order valence-corrected chi connectivity index (χ4v) is 0.769. The maximum absolute atomic E-state index is 3.14. The molecule has 0 aliphatic rings. The van der Waals surface area contributed by atoms with Crippen molar-refractivity contribution >= 4 is 12.9 Å². The van der Waals surface area contributed by atoms with E-state index in [-0.39, 0.29) is 0 Å². The van der Waals surface area contributed by atoms with E-state index in [9.17, 15) is 0 Å². The molecule has 0 fully saturated rings. The van der Waals surface area contributed by atoms with Crippen molar-refractivity contribution in [2.45, 2.75) is 6.92 Å². The lowest BCUT2D eigenvalue weighted by Crippen LogP contribution is -2.29. The lowest BCUT2D eigenvalue weighted by molar-refractivity contribution is 1.01. The molecule has 0 saturated carbocycles. The van der Waals surface area contributed by atoms with Gasteiger partial charge in [0.1, 0.15) is 0 Å². The Balaban J connectivity index is 2.43. The molecule has 1 aromatic rings. The average molecular weight is 132 g/mol. The van der Waals surface area contributed by atoms with Gasteiger partial charge < -0.3 is 5.23 Å². The molecule has 1 N–H and O–H groups in total. The molecule has 10 heavy (non-hydrogen) atoms. The fraction of sp³-hybridized carbons (Fsp3) is 0.250. The normalized spacial score (nSPS) is 9.30. The molecule has 0 unspecified atom stereocenters. The summed E-state index contributed by atoms with van der Waals surface area (Å²) in [5.41, 5.74) is 1.23. The van der Waals surface area contributed by atoms with E-state index >= 15 is 0 Å². The summed E-state index contributed by atoms with van der Waals surface area (Å²) in [6, 6.07) is 10.2. The van der Waals surface area contributed by atoms with E-state index in [4.69, 9.17) is 0 Å². The first kappa shape index (κ1) is 7.35. The minimum atomic E-state index is 0.981. The summed E-state index contributed by atoms with van der Waals surface area (Å²) in [4.78, 5) is 0. The van der Waals surface area contributed by atoms with Crippen LogP contribution >= 0.6 is 0 Å². The highest BCUT2D eigenvalue weighted by molar-refractivity contribution is 6.50. The first-order valence-corrected chi connectivity index (χ1v) is 3.55. The van der Waals surface area contributed by atoms with Crippen LogP contribution in [0.4, 0.5) is 0 Å². The van der Waals surface area contributed by atoms with Gasteiger partial charge in [-0.3, -0.25) is 0 Å². The molecular formula is C8H11BN. The van der Waals surface area contributed by atoms with Gasteiger partial charge in [-0.15, -0.1) is 0 Å². The minimum absolute atomic E-state index is 0.981. The molecule has 0 aliphatic carbocycles. The van der Waals surface area contributed by atoms with Crippen molar-refractivity contribution in [3.8, 4) is 0 Å². The Kier molecular flexibility index (Phi) is 3.03. The Bertz CT molecular complexity index is 174. The van der Waals surface area contributed by atoms with Crippen molar-refractivity contribution in [3.05, 3.63) is 30.3 Å². The van der Waals surface area contributed by atoms with Crippen molar-refractivity contribution in [2.75, 3.05) is 6.54 Å². The molecule has 0 aromatic heterocycles. The second-order valence-electron chi connectivity index (χ2n) is 2.11. The molecule has 1 nitrogen and oxygen atoms in total. The molecule has 0 heterocycles. The average Bonchev–Trinajstić information content (AvgIpc) is 2.03. The number of benzene rings is 1. The van der Waals surface area contributed by atoms with E-state index in [2.05, 4.69) is 24.3 Å². The highest BCUT2D eigenvalue weighted by Crippen LogP contribution is 1.78. The molecular weight excluding hydrogens is 121 g/mol. The van der Waals surface area contributed by atoms with E-state index in [1.165, 1.54) is 5.46 Å². The van der Waals surface area contributed by atoms with Gasteiger partial charge in [0.2, 0.25) is 7.41 Å². The molecule has 0 aliphatic heterocycles. The highest BCUT2D eigenvalue weighted by Gasteiger charge is 1.89. The van der Waals surface area contributed by atoms with E-state index in [0.29, 0.717) is 0 Å². The van der Waals surface area contributed by atoms with E-state index in [1.807, 2.05) is 25.6 Å². The molecule has 1 aromatic carbocycles. The van der Waals surface area contributed by atoms with Gasteiger partial charge in [0.25, 0.3) is 0 Å². The second-order valence-corrected chi connectivity index (χ2v) is 2.11. The second kappa shape index (κ2) is 4.12. The molecule has 0 amide bonds. The van der Waals surface area contributed by atoms with Crippen molar-refractivity contribution in [1.82, 2.24) is 5.23 Å². The first-order valence-electron chi connectivity index (χ1n) is 3.55. The SMILES string of the molecule is CCN[B]c1ccccc1. The van der Waals surface area contributed by atoms with Gasteiger partial charge in [0.15, 0.2) is 0 Å². The molecule has 0 atom stereocenters. The Morgan fingerprint density at radius 3 is 2.60 bits per heavy atom. The Labute approximate surface area is 62.7 Å².